The molecule has 0 radical (unpaired) electrons. The van der Waals surface area contributed by atoms with Crippen molar-refractivity contribution < 1.29 is 9.90 Å². The number of nitrogens with zero attached hydrogens (tertiary/aromatic N) is 2. The lowest BCUT2D eigenvalue weighted by molar-refractivity contribution is -0.139. The molecule has 0 aromatic heterocycles. The summed E-state index contributed by atoms with van der Waals surface area (Å²) in [5.41, 5.74) is 0. The van der Waals surface area contributed by atoms with Gasteiger partial charge < -0.3 is 10.0 Å². The fourth-order valence-electron chi connectivity index (χ4n) is 2.38. The molecule has 1 aliphatic rings. The van der Waals surface area contributed by atoms with Gasteiger partial charge >= 0.3 is 5.97 Å². The predicted molar refractivity (Wildman–Crippen MR) is 60.0 cm³/mol. The minimum atomic E-state index is -0.704. The van der Waals surface area contributed by atoms with Gasteiger partial charge in [-0.1, -0.05) is 0 Å². The summed E-state index contributed by atoms with van der Waals surface area (Å²) in [4.78, 5) is 15.3. The zero-order valence-electron chi connectivity index (χ0n) is 10.1. The number of carbonyl (C=O) groups is 1. The van der Waals surface area contributed by atoms with Crippen molar-refractivity contribution in [3.05, 3.63) is 0 Å². The van der Waals surface area contributed by atoms with Crippen LogP contribution in [0.1, 0.15) is 27.2 Å². The Labute approximate surface area is 91.9 Å². The second-order valence-electron chi connectivity index (χ2n) is 4.83. The molecule has 2 atom stereocenters. The molecule has 2 unspecified atom stereocenters. The Morgan fingerprint density at radius 2 is 2.07 bits per heavy atom. The summed E-state index contributed by atoms with van der Waals surface area (Å²) < 4.78 is 0. The van der Waals surface area contributed by atoms with Crippen molar-refractivity contribution in [1.29, 1.82) is 0 Å². The lowest BCUT2D eigenvalue weighted by atomic mass is 10.0. The van der Waals surface area contributed by atoms with E-state index < -0.39 is 5.97 Å². The maximum absolute atomic E-state index is 10.7. The van der Waals surface area contributed by atoms with Crippen molar-refractivity contribution >= 4 is 5.97 Å². The molecule has 0 aromatic rings. The van der Waals surface area contributed by atoms with E-state index in [1.165, 1.54) is 0 Å². The van der Waals surface area contributed by atoms with Crippen molar-refractivity contribution in [2.75, 3.05) is 20.1 Å². The largest absolute Gasteiger partial charge is 0.481 e. The van der Waals surface area contributed by atoms with E-state index in [9.17, 15) is 4.79 Å². The van der Waals surface area contributed by atoms with Gasteiger partial charge in [-0.05, 0) is 27.8 Å². The standard InChI is InChI=1S/C11H22N2O2/c1-8(2)13-7-10(5-11(14)15)12(4)6-9(13)3/h8-10H,5-7H2,1-4H3,(H,14,15). The third-order valence-corrected chi connectivity index (χ3v) is 3.24. The van der Waals surface area contributed by atoms with Crippen LogP contribution in [-0.4, -0.2) is 59.1 Å². The quantitative estimate of drug-likeness (QED) is 0.757. The first-order chi connectivity index (χ1) is 6.91. The van der Waals surface area contributed by atoms with Crippen LogP contribution in [0.15, 0.2) is 0 Å². The van der Waals surface area contributed by atoms with Gasteiger partial charge in [-0.2, -0.15) is 0 Å². The number of carboxylic acids is 1. The average Bonchev–Trinajstić information content (AvgIpc) is 2.08. The molecule has 0 aromatic carbocycles. The van der Waals surface area contributed by atoms with Crippen molar-refractivity contribution in [1.82, 2.24) is 9.80 Å². The SMILES string of the molecule is CC(C)N1CC(CC(=O)O)N(C)CC1C. The van der Waals surface area contributed by atoms with E-state index >= 15 is 0 Å². The maximum atomic E-state index is 10.7. The zero-order chi connectivity index (χ0) is 11.6. The van der Waals surface area contributed by atoms with Gasteiger partial charge in [0.1, 0.15) is 0 Å². The Morgan fingerprint density at radius 1 is 1.47 bits per heavy atom. The molecule has 0 amide bonds. The number of hydrogen-bond acceptors (Lipinski definition) is 3. The van der Waals surface area contributed by atoms with E-state index in [2.05, 4.69) is 30.6 Å². The molecule has 15 heavy (non-hydrogen) atoms. The molecule has 0 saturated carbocycles. The summed E-state index contributed by atoms with van der Waals surface area (Å²) in [6.45, 7) is 8.35. The summed E-state index contributed by atoms with van der Waals surface area (Å²) in [7, 11) is 2.02. The number of carboxylic acid groups (broad SMARTS) is 1. The predicted octanol–water partition coefficient (Wildman–Crippen LogP) is 0.874. The van der Waals surface area contributed by atoms with Crippen molar-refractivity contribution in [3.63, 3.8) is 0 Å². The summed E-state index contributed by atoms with van der Waals surface area (Å²) in [6, 6.07) is 1.16. The number of hydrogen-bond donors (Lipinski definition) is 1. The van der Waals surface area contributed by atoms with Gasteiger partial charge in [0, 0.05) is 31.2 Å². The van der Waals surface area contributed by atoms with Crippen LogP contribution in [0.5, 0.6) is 0 Å². The van der Waals surface area contributed by atoms with Gasteiger partial charge in [-0.15, -0.1) is 0 Å². The third-order valence-electron chi connectivity index (χ3n) is 3.24. The van der Waals surface area contributed by atoms with Gasteiger partial charge in [0.15, 0.2) is 0 Å². The molecule has 0 bridgehead atoms. The fraction of sp³-hybridized carbons (Fsp3) is 0.909. The van der Waals surface area contributed by atoms with Gasteiger partial charge in [-0.3, -0.25) is 9.69 Å². The van der Waals surface area contributed by atoms with E-state index in [0.717, 1.165) is 13.1 Å². The molecule has 1 saturated heterocycles. The Hall–Kier alpha value is -0.610. The molecule has 1 N–H and O–H groups in total. The smallest absolute Gasteiger partial charge is 0.304 e. The average molecular weight is 214 g/mol. The summed E-state index contributed by atoms with van der Waals surface area (Å²) >= 11 is 0. The minimum absolute atomic E-state index is 0.154. The van der Waals surface area contributed by atoms with Gasteiger partial charge in [-0.25, -0.2) is 0 Å². The molecule has 1 heterocycles. The molecule has 1 fully saturated rings. The van der Waals surface area contributed by atoms with Crippen molar-refractivity contribution in [2.45, 2.75) is 45.3 Å². The maximum Gasteiger partial charge on any atom is 0.304 e. The van der Waals surface area contributed by atoms with E-state index in [0.29, 0.717) is 12.1 Å². The van der Waals surface area contributed by atoms with Crippen LogP contribution in [0.3, 0.4) is 0 Å². The van der Waals surface area contributed by atoms with Crippen LogP contribution in [-0.2, 0) is 4.79 Å². The molecular formula is C11H22N2O2. The molecule has 4 nitrogen and oxygen atoms in total. The van der Waals surface area contributed by atoms with E-state index in [-0.39, 0.29) is 12.5 Å². The third kappa shape index (κ3) is 3.18. The van der Waals surface area contributed by atoms with E-state index in [1.54, 1.807) is 0 Å². The van der Waals surface area contributed by atoms with Crippen molar-refractivity contribution in [2.24, 2.45) is 0 Å². The highest BCUT2D eigenvalue weighted by Crippen LogP contribution is 2.18. The van der Waals surface area contributed by atoms with E-state index in [1.807, 2.05) is 7.05 Å². The highest BCUT2D eigenvalue weighted by atomic mass is 16.4. The molecule has 1 rings (SSSR count). The van der Waals surface area contributed by atoms with Crippen LogP contribution in [0.4, 0.5) is 0 Å². The summed E-state index contributed by atoms with van der Waals surface area (Å²) in [5.74, 6) is -0.704. The molecule has 88 valence electrons. The fourth-order valence-corrected chi connectivity index (χ4v) is 2.38. The van der Waals surface area contributed by atoms with Crippen molar-refractivity contribution in [3.8, 4) is 0 Å². The van der Waals surface area contributed by atoms with Gasteiger partial charge in [0.2, 0.25) is 0 Å². The number of piperazine rings is 1. The Balaban J connectivity index is 2.62. The lowest BCUT2D eigenvalue weighted by Crippen LogP contribution is -2.58. The second kappa shape index (κ2) is 4.94. The van der Waals surface area contributed by atoms with Gasteiger partial charge in [0.05, 0.1) is 6.42 Å². The van der Waals surface area contributed by atoms with Crippen LogP contribution in [0.25, 0.3) is 0 Å². The van der Waals surface area contributed by atoms with E-state index in [4.69, 9.17) is 5.11 Å². The monoisotopic (exact) mass is 214 g/mol. The highest BCUT2D eigenvalue weighted by molar-refractivity contribution is 5.67. The van der Waals surface area contributed by atoms with Crippen LogP contribution >= 0.6 is 0 Å². The summed E-state index contributed by atoms with van der Waals surface area (Å²) in [6.07, 6.45) is 0.242. The molecular weight excluding hydrogens is 192 g/mol. The second-order valence-corrected chi connectivity index (χ2v) is 4.83. The first-order valence-electron chi connectivity index (χ1n) is 5.59. The Morgan fingerprint density at radius 3 is 2.53 bits per heavy atom. The highest BCUT2D eigenvalue weighted by Gasteiger charge is 2.31. The van der Waals surface area contributed by atoms with Gasteiger partial charge in [0.25, 0.3) is 0 Å². The molecule has 0 spiro atoms. The topological polar surface area (TPSA) is 43.8 Å². The number of rotatable bonds is 3. The number of likely N-dealkylation sites (N-methyl/N-ethyl adjacent to an activating group) is 1. The first kappa shape index (κ1) is 12.5. The Kier molecular flexibility index (Phi) is 4.11. The molecule has 1 aliphatic heterocycles. The molecule has 4 heteroatoms. The van der Waals surface area contributed by atoms with Crippen LogP contribution in [0.2, 0.25) is 0 Å². The normalized spacial score (nSPS) is 29.7. The lowest BCUT2D eigenvalue weighted by Gasteiger charge is -2.45. The first-order valence-corrected chi connectivity index (χ1v) is 5.59. The van der Waals surface area contributed by atoms with Crippen LogP contribution in [0, 0.1) is 0 Å². The Bertz CT molecular complexity index is 231. The number of aliphatic carboxylic acids is 1. The molecule has 0 aliphatic carbocycles. The minimum Gasteiger partial charge on any atom is -0.481 e. The zero-order valence-corrected chi connectivity index (χ0v) is 10.1. The van der Waals surface area contributed by atoms with Crippen LogP contribution < -0.4 is 0 Å². The summed E-state index contributed by atoms with van der Waals surface area (Å²) in [5, 5.41) is 8.83.